The lowest BCUT2D eigenvalue weighted by molar-refractivity contribution is 0.622. The Morgan fingerprint density at radius 2 is 1.88 bits per heavy atom. The highest BCUT2D eigenvalue weighted by molar-refractivity contribution is 7.98. The second kappa shape index (κ2) is 5.11. The van der Waals surface area contributed by atoms with Crippen LogP contribution in [0.15, 0.2) is 41.3 Å². The molecule has 0 saturated carbocycles. The maximum Gasteiger partial charge on any atom is 0.133 e. The SMILES string of the molecule is CSc1ccc(Cl)c(-c2cccc(C)c2F)c1. The third kappa shape index (κ3) is 2.48. The molecular weight excluding hydrogens is 255 g/mol. The van der Waals surface area contributed by atoms with Gasteiger partial charge in [0, 0.05) is 21.0 Å². The van der Waals surface area contributed by atoms with Gasteiger partial charge in [0.05, 0.1) is 0 Å². The van der Waals surface area contributed by atoms with Crippen molar-refractivity contribution in [3.05, 3.63) is 52.8 Å². The lowest BCUT2D eigenvalue weighted by Gasteiger charge is -2.09. The highest BCUT2D eigenvalue weighted by Crippen LogP contribution is 2.33. The Hall–Kier alpha value is -0.990. The van der Waals surface area contributed by atoms with E-state index in [9.17, 15) is 4.39 Å². The predicted octanol–water partition coefficient (Wildman–Crippen LogP) is 5.18. The van der Waals surface area contributed by atoms with E-state index in [1.165, 1.54) is 0 Å². The van der Waals surface area contributed by atoms with Crippen molar-refractivity contribution in [2.75, 3.05) is 6.26 Å². The van der Waals surface area contributed by atoms with Crippen molar-refractivity contribution in [1.82, 2.24) is 0 Å². The van der Waals surface area contributed by atoms with Gasteiger partial charge in [0.1, 0.15) is 5.82 Å². The van der Waals surface area contributed by atoms with Crippen LogP contribution in [-0.4, -0.2) is 6.26 Å². The summed E-state index contributed by atoms with van der Waals surface area (Å²) in [4.78, 5) is 1.07. The van der Waals surface area contributed by atoms with Crippen LogP contribution in [0.5, 0.6) is 0 Å². The maximum absolute atomic E-state index is 14.0. The Balaban J connectivity index is 2.63. The van der Waals surface area contributed by atoms with Crippen molar-refractivity contribution in [1.29, 1.82) is 0 Å². The van der Waals surface area contributed by atoms with Crippen LogP contribution in [0.1, 0.15) is 5.56 Å². The molecule has 0 amide bonds. The molecule has 0 aliphatic heterocycles. The van der Waals surface area contributed by atoms with E-state index in [1.54, 1.807) is 30.8 Å². The highest BCUT2D eigenvalue weighted by atomic mass is 35.5. The average molecular weight is 267 g/mol. The third-order valence-electron chi connectivity index (χ3n) is 2.66. The number of hydrogen-bond acceptors (Lipinski definition) is 1. The van der Waals surface area contributed by atoms with Crippen molar-refractivity contribution in [3.8, 4) is 11.1 Å². The first-order valence-corrected chi connectivity index (χ1v) is 6.83. The number of rotatable bonds is 2. The Morgan fingerprint density at radius 3 is 2.59 bits per heavy atom. The van der Waals surface area contributed by atoms with E-state index in [1.807, 2.05) is 30.5 Å². The molecule has 0 aliphatic rings. The molecule has 0 unspecified atom stereocenters. The molecule has 2 aromatic carbocycles. The summed E-state index contributed by atoms with van der Waals surface area (Å²) < 4.78 is 14.0. The lowest BCUT2D eigenvalue weighted by atomic mass is 10.0. The fraction of sp³-hybridized carbons (Fsp3) is 0.143. The van der Waals surface area contributed by atoms with Gasteiger partial charge in [0.25, 0.3) is 0 Å². The molecule has 0 bridgehead atoms. The van der Waals surface area contributed by atoms with Gasteiger partial charge in [-0.05, 0) is 36.9 Å². The van der Waals surface area contributed by atoms with Gasteiger partial charge in [-0.1, -0.05) is 29.8 Å². The molecule has 0 aliphatic carbocycles. The van der Waals surface area contributed by atoms with E-state index in [0.717, 1.165) is 10.5 Å². The van der Waals surface area contributed by atoms with Gasteiger partial charge >= 0.3 is 0 Å². The van der Waals surface area contributed by atoms with E-state index in [2.05, 4.69) is 0 Å². The topological polar surface area (TPSA) is 0 Å². The van der Waals surface area contributed by atoms with E-state index in [0.29, 0.717) is 16.1 Å². The molecule has 0 heterocycles. The van der Waals surface area contributed by atoms with Crippen LogP contribution in [0, 0.1) is 12.7 Å². The van der Waals surface area contributed by atoms with Crippen LogP contribution in [0.3, 0.4) is 0 Å². The average Bonchev–Trinajstić information content (AvgIpc) is 2.34. The van der Waals surface area contributed by atoms with E-state index in [-0.39, 0.29) is 5.82 Å². The molecule has 0 atom stereocenters. The van der Waals surface area contributed by atoms with Gasteiger partial charge in [-0.2, -0.15) is 0 Å². The minimum atomic E-state index is -0.201. The molecule has 2 aromatic rings. The number of hydrogen-bond donors (Lipinski definition) is 0. The Kier molecular flexibility index (Phi) is 3.75. The molecule has 17 heavy (non-hydrogen) atoms. The summed E-state index contributed by atoms with van der Waals surface area (Å²) in [5, 5.41) is 0.576. The second-order valence-electron chi connectivity index (χ2n) is 3.78. The Labute approximate surface area is 110 Å². The molecule has 2 rings (SSSR count). The fourth-order valence-electron chi connectivity index (χ4n) is 1.69. The standard InChI is InChI=1S/C14H12ClFS/c1-9-4-3-5-11(14(9)16)12-8-10(17-2)6-7-13(12)15/h3-8H,1-2H3. The van der Waals surface area contributed by atoms with E-state index >= 15 is 0 Å². The number of aryl methyl sites for hydroxylation is 1. The quantitative estimate of drug-likeness (QED) is 0.675. The number of benzene rings is 2. The van der Waals surface area contributed by atoms with Crippen molar-refractivity contribution >= 4 is 23.4 Å². The summed E-state index contributed by atoms with van der Waals surface area (Å²) in [6.07, 6.45) is 1.99. The van der Waals surface area contributed by atoms with Crippen molar-refractivity contribution in [2.45, 2.75) is 11.8 Å². The summed E-state index contributed by atoms with van der Waals surface area (Å²) in [6, 6.07) is 11.0. The molecular formula is C14H12ClFS. The highest BCUT2D eigenvalue weighted by Gasteiger charge is 2.11. The maximum atomic E-state index is 14.0. The van der Waals surface area contributed by atoms with Gasteiger partial charge < -0.3 is 0 Å². The first kappa shape index (κ1) is 12.5. The minimum Gasteiger partial charge on any atom is -0.206 e. The predicted molar refractivity (Wildman–Crippen MR) is 73.4 cm³/mol. The summed E-state index contributed by atoms with van der Waals surface area (Å²) in [7, 11) is 0. The summed E-state index contributed by atoms with van der Waals surface area (Å²) in [6.45, 7) is 1.76. The van der Waals surface area contributed by atoms with Crippen LogP contribution < -0.4 is 0 Å². The second-order valence-corrected chi connectivity index (χ2v) is 5.07. The molecule has 0 aromatic heterocycles. The Bertz CT molecular complexity index is 552. The molecule has 0 spiro atoms. The van der Waals surface area contributed by atoms with Gasteiger partial charge in [0.2, 0.25) is 0 Å². The zero-order valence-electron chi connectivity index (χ0n) is 9.63. The van der Waals surface area contributed by atoms with E-state index in [4.69, 9.17) is 11.6 Å². The van der Waals surface area contributed by atoms with Crippen molar-refractivity contribution in [3.63, 3.8) is 0 Å². The molecule has 0 nitrogen and oxygen atoms in total. The zero-order chi connectivity index (χ0) is 12.4. The van der Waals surface area contributed by atoms with Crippen LogP contribution in [0.4, 0.5) is 4.39 Å². The van der Waals surface area contributed by atoms with Gasteiger partial charge in [-0.15, -0.1) is 11.8 Å². The molecule has 0 radical (unpaired) electrons. The molecule has 0 saturated heterocycles. The van der Waals surface area contributed by atoms with Crippen LogP contribution >= 0.6 is 23.4 Å². The van der Waals surface area contributed by atoms with Crippen molar-refractivity contribution in [2.24, 2.45) is 0 Å². The first-order valence-electron chi connectivity index (χ1n) is 5.22. The van der Waals surface area contributed by atoms with Crippen molar-refractivity contribution < 1.29 is 4.39 Å². The van der Waals surface area contributed by atoms with Gasteiger partial charge in [0.15, 0.2) is 0 Å². The summed E-state index contributed by atoms with van der Waals surface area (Å²) >= 11 is 7.75. The summed E-state index contributed by atoms with van der Waals surface area (Å²) in [5.74, 6) is -0.201. The van der Waals surface area contributed by atoms with Crippen LogP contribution in [-0.2, 0) is 0 Å². The largest absolute Gasteiger partial charge is 0.206 e. The molecule has 88 valence electrons. The van der Waals surface area contributed by atoms with Gasteiger partial charge in [-0.25, -0.2) is 4.39 Å². The monoisotopic (exact) mass is 266 g/mol. The third-order valence-corrected chi connectivity index (χ3v) is 3.71. The van der Waals surface area contributed by atoms with Crippen LogP contribution in [0.2, 0.25) is 5.02 Å². The zero-order valence-corrected chi connectivity index (χ0v) is 11.2. The lowest BCUT2D eigenvalue weighted by Crippen LogP contribution is -1.89. The Morgan fingerprint density at radius 1 is 1.12 bits per heavy atom. The van der Waals surface area contributed by atoms with Gasteiger partial charge in [-0.3, -0.25) is 0 Å². The summed E-state index contributed by atoms with van der Waals surface area (Å²) in [5.41, 5.74) is 1.94. The first-order chi connectivity index (χ1) is 8.13. The number of halogens is 2. The molecule has 0 N–H and O–H groups in total. The smallest absolute Gasteiger partial charge is 0.133 e. The number of thioether (sulfide) groups is 1. The molecule has 0 fully saturated rings. The normalized spacial score (nSPS) is 10.6. The van der Waals surface area contributed by atoms with Crippen LogP contribution in [0.25, 0.3) is 11.1 Å². The van der Waals surface area contributed by atoms with E-state index < -0.39 is 0 Å². The fourth-order valence-corrected chi connectivity index (χ4v) is 2.35. The minimum absolute atomic E-state index is 0.201. The molecule has 3 heteroatoms.